The first-order chi connectivity index (χ1) is 31.9. The van der Waals surface area contributed by atoms with Crippen LogP contribution >= 0.6 is 0 Å². The molecule has 68 heavy (non-hydrogen) atoms. The molecule has 0 aliphatic rings. The summed E-state index contributed by atoms with van der Waals surface area (Å²) in [5.41, 5.74) is 2.20. The third-order valence-electron chi connectivity index (χ3n) is 7.57. The van der Waals surface area contributed by atoms with Crippen molar-refractivity contribution in [3.8, 4) is 0 Å². The van der Waals surface area contributed by atoms with Crippen LogP contribution in [-0.4, -0.2) is 109 Å². The van der Waals surface area contributed by atoms with Crippen LogP contribution in [0, 0.1) is 29.6 Å². The van der Waals surface area contributed by atoms with E-state index >= 15 is 0 Å². The van der Waals surface area contributed by atoms with Crippen molar-refractivity contribution in [2.75, 3.05) is 73.1 Å². The van der Waals surface area contributed by atoms with Crippen LogP contribution in [0.3, 0.4) is 0 Å². The molecule has 400 valence electrons. The predicted octanol–water partition coefficient (Wildman–Crippen LogP) is 14.7. The average Bonchev–Trinajstić information content (AvgIpc) is 3.26. The normalized spacial score (nSPS) is 9.99. The summed E-state index contributed by atoms with van der Waals surface area (Å²) in [6.45, 7) is 45.2. The molecular weight excluding hydrogens is 875 g/mol. The summed E-state index contributed by atoms with van der Waals surface area (Å²) in [5.74, 6) is 1.79. The zero-order valence-corrected chi connectivity index (χ0v) is 45.4. The Hall–Kier alpha value is -4.69. The maximum absolute atomic E-state index is 11.3. The number of allylic oxidation sites excluding steroid dienone is 4. The Morgan fingerprint density at radius 2 is 0.735 bits per heavy atom. The maximum Gasteiger partial charge on any atom is 0.508 e. The monoisotopic (exact) mass is 974 g/mol. The van der Waals surface area contributed by atoms with Gasteiger partial charge in [-0.3, -0.25) is 0 Å². The van der Waals surface area contributed by atoms with Crippen LogP contribution in [0.25, 0.3) is 0 Å². The van der Waals surface area contributed by atoms with Crippen molar-refractivity contribution >= 4 is 30.7 Å². The molecule has 0 saturated carbocycles. The second-order valence-electron chi connectivity index (χ2n) is 18.3. The third-order valence-corrected chi connectivity index (χ3v) is 7.57. The minimum atomic E-state index is -0.572. The molecule has 0 aliphatic carbocycles. The summed E-state index contributed by atoms with van der Waals surface area (Å²) in [5, 5.41) is 0. The van der Waals surface area contributed by atoms with E-state index in [2.05, 4.69) is 33.2 Å². The summed E-state index contributed by atoms with van der Waals surface area (Å²) in [6, 6.07) is 0. The number of rotatable bonds is 30. The second kappa shape index (κ2) is 53.3. The third kappa shape index (κ3) is 72.9. The number of hydrogen-bond acceptors (Lipinski definition) is 14. The van der Waals surface area contributed by atoms with E-state index in [0.29, 0.717) is 89.1 Å². The van der Waals surface area contributed by atoms with Crippen molar-refractivity contribution in [1.29, 1.82) is 0 Å². The lowest BCUT2D eigenvalue weighted by Gasteiger charge is -2.17. The van der Waals surface area contributed by atoms with Gasteiger partial charge >= 0.3 is 30.7 Å². The van der Waals surface area contributed by atoms with E-state index in [1.807, 2.05) is 89.2 Å². The van der Waals surface area contributed by atoms with E-state index < -0.39 is 24.6 Å². The minimum Gasteiger partial charge on any atom is -0.449 e. The van der Waals surface area contributed by atoms with Gasteiger partial charge in [0.15, 0.2) is 0 Å². The lowest BCUT2D eigenvalue weighted by molar-refractivity contribution is 0.0458. The van der Waals surface area contributed by atoms with Crippen LogP contribution < -0.4 is 0 Å². The predicted molar refractivity (Wildman–Crippen MR) is 274 cm³/mol. The van der Waals surface area contributed by atoms with Gasteiger partial charge in [0.2, 0.25) is 0 Å². The largest absolute Gasteiger partial charge is 0.508 e. The highest BCUT2D eigenvalue weighted by atomic mass is 16.7. The van der Waals surface area contributed by atoms with Gasteiger partial charge in [-0.1, -0.05) is 112 Å². The molecule has 0 rings (SSSR count). The van der Waals surface area contributed by atoms with E-state index in [4.69, 9.17) is 42.6 Å². The van der Waals surface area contributed by atoms with Gasteiger partial charge in [0.25, 0.3) is 0 Å². The molecule has 1 amide bonds. The van der Waals surface area contributed by atoms with Crippen molar-refractivity contribution < 1.29 is 66.6 Å². The van der Waals surface area contributed by atoms with E-state index in [9.17, 15) is 24.0 Å². The van der Waals surface area contributed by atoms with Gasteiger partial charge in [-0.05, 0) is 101 Å². The Balaban J connectivity index is -0.000000243. The molecule has 0 heterocycles. The van der Waals surface area contributed by atoms with Crippen molar-refractivity contribution in [2.45, 2.75) is 161 Å². The first-order valence-electron chi connectivity index (χ1n) is 24.5. The van der Waals surface area contributed by atoms with Gasteiger partial charge in [-0.2, -0.15) is 0 Å². The van der Waals surface area contributed by atoms with E-state index in [1.54, 1.807) is 18.0 Å². The molecule has 15 nitrogen and oxygen atoms in total. The lowest BCUT2D eigenvalue weighted by atomic mass is 10.2. The standard InChI is InChI=1S/C11H21NO2.2C11H20O3.C10H20O3.C10H18O3/c1-5-6-7-8-12(4)11(13)14-9-10(2)3;2*1-9(2)6-5-7-13-11(12)14-8-10(3)4;2*1-4-5-6-7-12-10(11)13-8-9(2)3/h5,10H,1,6-9H2,2-4H3;2*10H,1,5-8H2,2-4H3;9H,4-8H2,1-3H3;4,9H,1,5-8H2,2-3H3. The molecule has 15 heteroatoms. The molecule has 0 saturated heterocycles. The van der Waals surface area contributed by atoms with Crippen molar-refractivity contribution in [1.82, 2.24) is 4.90 Å². The van der Waals surface area contributed by atoms with E-state index in [1.165, 1.54) is 0 Å². The van der Waals surface area contributed by atoms with Gasteiger partial charge < -0.3 is 47.5 Å². The van der Waals surface area contributed by atoms with Crippen LogP contribution in [0.1, 0.15) is 161 Å². The smallest absolute Gasteiger partial charge is 0.449 e. The summed E-state index contributed by atoms with van der Waals surface area (Å²) in [7, 11) is 1.76. The summed E-state index contributed by atoms with van der Waals surface area (Å²) >= 11 is 0. The van der Waals surface area contributed by atoms with Gasteiger partial charge in [0.05, 0.1) is 59.5 Å². The lowest BCUT2D eigenvalue weighted by Crippen LogP contribution is -2.29. The van der Waals surface area contributed by atoms with Crippen molar-refractivity contribution in [3.63, 3.8) is 0 Å². The van der Waals surface area contributed by atoms with Gasteiger partial charge in [0.1, 0.15) is 0 Å². The summed E-state index contributed by atoms with van der Waals surface area (Å²) in [6.07, 6.45) is 11.3. The molecule has 0 N–H and O–H groups in total. The SMILES string of the molecule is C=C(C)CCCOC(=O)OCC(C)C.C=C(C)CCCOC(=O)OCC(C)C.C=CCCCN(C)C(=O)OCC(C)C.C=CCCCOC(=O)OCC(C)C.CCCCCOC(=O)OCC(C)C. The first-order valence-corrected chi connectivity index (χ1v) is 24.5. The van der Waals surface area contributed by atoms with Crippen LogP contribution in [0.2, 0.25) is 0 Å². The molecule has 0 aromatic heterocycles. The fraction of sp³-hybridized carbons (Fsp3) is 0.755. The number of carbonyl (C=O) groups excluding carboxylic acids is 5. The van der Waals surface area contributed by atoms with Gasteiger partial charge in [0, 0.05) is 13.6 Å². The Labute approximate surface area is 414 Å². The molecular formula is C53H99NO14. The molecule has 0 fully saturated rings. The summed E-state index contributed by atoms with van der Waals surface area (Å²) in [4.78, 5) is 56.5. The molecule has 0 spiro atoms. The number of carbonyl (C=O) groups is 5. The zero-order valence-electron chi connectivity index (χ0n) is 45.4. The van der Waals surface area contributed by atoms with Gasteiger partial charge in [-0.15, -0.1) is 26.3 Å². The molecule has 0 aromatic rings. The Morgan fingerprint density at radius 1 is 0.441 bits per heavy atom. The fourth-order valence-electron chi connectivity index (χ4n) is 3.97. The highest BCUT2D eigenvalue weighted by Gasteiger charge is 2.10. The zero-order chi connectivity index (χ0) is 53.1. The number of nitrogens with zero attached hydrogens (tertiary/aromatic N) is 1. The molecule has 0 atom stereocenters. The number of hydrogen-bond donors (Lipinski definition) is 0. The Kier molecular flexibility index (Phi) is 56.6. The number of ether oxygens (including phenoxy) is 9. The molecule has 0 unspecified atom stereocenters. The van der Waals surface area contributed by atoms with E-state index in [-0.39, 0.29) is 6.09 Å². The van der Waals surface area contributed by atoms with Crippen molar-refractivity contribution in [3.05, 3.63) is 49.6 Å². The fourth-order valence-corrected chi connectivity index (χ4v) is 3.97. The Bertz CT molecular complexity index is 1240. The van der Waals surface area contributed by atoms with Crippen LogP contribution in [0.4, 0.5) is 24.0 Å². The van der Waals surface area contributed by atoms with Crippen molar-refractivity contribution in [2.24, 2.45) is 29.6 Å². The highest BCUT2D eigenvalue weighted by Crippen LogP contribution is 2.04. The first kappa shape index (κ1) is 72.3. The van der Waals surface area contributed by atoms with Gasteiger partial charge in [-0.25, -0.2) is 24.0 Å². The molecule has 0 radical (unpaired) electrons. The van der Waals surface area contributed by atoms with Crippen LogP contribution in [-0.2, 0) is 42.6 Å². The average molecular weight is 974 g/mol. The minimum absolute atomic E-state index is 0.234. The number of amides is 1. The second-order valence-corrected chi connectivity index (χ2v) is 18.3. The van der Waals surface area contributed by atoms with Crippen LogP contribution in [0.5, 0.6) is 0 Å². The number of unbranched alkanes of at least 4 members (excludes halogenated alkanes) is 4. The molecule has 0 aliphatic heterocycles. The Morgan fingerprint density at radius 3 is 1.03 bits per heavy atom. The summed E-state index contributed by atoms with van der Waals surface area (Å²) < 4.78 is 43.6. The molecule has 0 bridgehead atoms. The topological polar surface area (TPSA) is 172 Å². The quantitative estimate of drug-likeness (QED) is 0.0288. The van der Waals surface area contributed by atoms with E-state index in [0.717, 1.165) is 88.3 Å². The van der Waals surface area contributed by atoms with Crippen LogP contribution in [0.15, 0.2) is 49.6 Å². The maximum atomic E-state index is 11.3. The highest BCUT2D eigenvalue weighted by molar-refractivity contribution is 5.67. The molecule has 0 aromatic carbocycles.